The Morgan fingerprint density at radius 1 is 0.810 bits per heavy atom. The van der Waals surface area contributed by atoms with Gasteiger partial charge in [-0.1, -0.05) is 17.7 Å². The molecule has 5 nitrogen and oxygen atoms in total. The summed E-state index contributed by atoms with van der Waals surface area (Å²) in [6, 6.07) is 13.7. The van der Waals surface area contributed by atoms with Crippen molar-refractivity contribution in [1.82, 2.24) is 10.9 Å². The molecule has 0 unspecified atom stereocenters. The van der Waals surface area contributed by atoms with Crippen LogP contribution in [0.25, 0.3) is 0 Å². The van der Waals surface area contributed by atoms with Crippen LogP contribution in [0.1, 0.15) is 26.3 Å². The van der Waals surface area contributed by atoms with Gasteiger partial charge in [0.2, 0.25) is 0 Å². The summed E-state index contributed by atoms with van der Waals surface area (Å²) in [5, 5.41) is 0. The minimum atomic E-state index is -0.391. The van der Waals surface area contributed by atoms with Gasteiger partial charge in [0.25, 0.3) is 11.8 Å². The van der Waals surface area contributed by atoms with Crippen LogP contribution in [0.2, 0.25) is 0 Å². The minimum Gasteiger partial charge on any atom is -0.497 e. The third kappa shape index (κ3) is 3.82. The Bertz CT molecular complexity index is 634. The molecule has 2 N–H and O–H groups in total. The second-order valence-electron chi connectivity index (χ2n) is 4.50. The zero-order chi connectivity index (χ0) is 15.2. The molecule has 0 spiro atoms. The maximum Gasteiger partial charge on any atom is 0.269 e. The first-order valence-electron chi connectivity index (χ1n) is 6.41. The van der Waals surface area contributed by atoms with Crippen LogP contribution in [0.4, 0.5) is 0 Å². The summed E-state index contributed by atoms with van der Waals surface area (Å²) in [6.45, 7) is 1.94. The predicted octanol–water partition coefficient (Wildman–Crippen LogP) is 2.08. The fourth-order valence-corrected chi connectivity index (χ4v) is 1.71. The third-order valence-electron chi connectivity index (χ3n) is 2.96. The number of hydrazine groups is 1. The Kier molecular flexibility index (Phi) is 4.56. The predicted molar refractivity (Wildman–Crippen MR) is 79.1 cm³/mol. The lowest BCUT2D eigenvalue weighted by Gasteiger charge is -2.08. The number of carbonyl (C=O) groups excluding carboxylic acids is 2. The second kappa shape index (κ2) is 6.56. The van der Waals surface area contributed by atoms with Crippen molar-refractivity contribution < 1.29 is 14.3 Å². The van der Waals surface area contributed by atoms with Crippen molar-refractivity contribution in [2.24, 2.45) is 0 Å². The lowest BCUT2D eigenvalue weighted by molar-refractivity contribution is 0.0846. The number of hydrogen-bond donors (Lipinski definition) is 2. The number of nitrogens with one attached hydrogen (secondary N) is 2. The van der Waals surface area contributed by atoms with Crippen molar-refractivity contribution in [2.45, 2.75) is 6.92 Å². The van der Waals surface area contributed by atoms with Gasteiger partial charge in [0, 0.05) is 11.1 Å². The number of methoxy groups -OCH3 is 1. The van der Waals surface area contributed by atoms with Crippen LogP contribution >= 0.6 is 0 Å². The molecule has 21 heavy (non-hydrogen) atoms. The molecule has 5 heteroatoms. The summed E-state index contributed by atoms with van der Waals surface area (Å²) in [4.78, 5) is 23.7. The monoisotopic (exact) mass is 284 g/mol. The average Bonchev–Trinajstić information content (AvgIpc) is 2.53. The quantitative estimate of drug-likeness (QED) is 0.848. The van der Waals surface area contributed by atoms with Crippen molar-refractivity contribution in [3.05, 3.63) is 65.2 Å². The summed E-state index contributed by atoms with van der Waals surface area (Å²) >= 11 is 0. The molecule has 0 saturated heterocycles. The van der Waals surface area contributed by atoms with E-state index in [0.717, 1.165) is 5.56 Å². The lowest BCUT2D eigenvalue weighted by atomic mass is 10.1. The highest BCUT2D eigenvalue weighted by Crippen LogP contribution is 2.10. The van der Waals surface area contributed by atoms with Gasteiger partial charge in [0.05, 0.1) is 7.11 Å². The first-order valence-corrected chi connectivity index (χ1v) is 6.41. The molecule has 0 aliphatic rings. The summed E-state index contributed by atoms with van der Waals surface area (Å²) in [7, 11) is 1.55. The molecule has 0 aliphatic heterocycles. The first kappa shape index (κ1) is 14.6. The van der Waals surface area contributed by atoms with Gasteiger partial charge in [-0.25, -0.2) is 0 Å². The van der Waals surface area contributed by atoms with Crippen LogP contribution in [0.15, 0.2) is 48.5 Å². The lowest BCUT2D eigenvalue weighted by Crippen LogP contribution is -2.41. The van der Waals surface area contributed by atoms with Crippen LogP contribution in [0, 0.1) is 6.92 Å². The summed E-state index contributed by atoms with van der Waals surface area (Å²) in [6.07, 6.45) is 0. The Balaban J connectivity index is 1.93. The van der Waals surface area contributed by atoms with E-state index in [9.17, 15) is 9.59 Å². The molecule has 2 aromatic carbocycles. The SMILES string of the molecule is COc1ccc(C(=O)NNC(=O)c2ccc(C)cc2)cc1. The number of amides is 2. The van der Waals surface area contributed by atoms with Crippen LogP contribution in [0.5, 0.6) is 5.75 Å². The summed E-state index contributed by atoms with van der Waals surface area (Å²) < 4.78 is 5.01. The van der Waals surface area contributed by atoms with Crippen LogP contribution in [0.3, 0.4) is 0 Å². The van der Waals surface area contributed by atoms with Gasteiger partial charge in [-0.05, 0) is 43.3 Å². The Morgan fingerprint density at radius 3 is 1.67 bits per heavy atom. The molecule has 0 saturated carbocycles. The zero-order valence-corrected chi connectivity index (χ0v) is 11.8. The Morgan fingerprint density at radius 2 is 1.24 bits per heavy atom. The number of aryl methyl sites for hydroxylation is 1. The average molecular weight is 284 g/mol. The number of rotatable bonds is 3. The van der Waals surface area contributed by atoms with Crippen LogP contribution in [-0.2, 0) is 0 Å². The van der Waals surface area contributed by atoms with E-state index in [0.29, 0.717) is 16.9 Å². The second-order valence-corrected chi connectivity index (χ2v) is 4.50. The van der Waals surface area contributed by atoms with Gasteiger partial charge >= 0.3 is 0 Å². The zero-order valence-electron chi connectivity index (χ0n) is 11.8. The highest BCUT2D eigenvalue weighted by Gasteiger charge is 2.08. The maximum absolute atomic E-state index is 11.9. The molecule has 2 rings (SSSR count). The van der Waals surface area contributed by atoms with E-state index in [-0.39, 0.29) is 5.91 Å². The van der Waals surface area contributed by atoms with Gasteiger partial charge in [-0.2, -0.15) is 0 Å². The third-order valence-corrected chi connectivity index (χ3v) is 2.96. The standard InChI is InChI=1S/C16H16N2O3/c1-11-3-5-12(6-4-11)15(19)17-18-16(20)13-7-9-14(21-2)10-8-13/h3-10H,1-2H3,(H,17,19)(H,18,20). The van der Waals surface area contributed by atoms with Crippen molar-refractivity contribution in [2.75, 3.05) is 7.11 Å². The van der Waals surface area contributed by atoms with E-state index in [1.165, 1.54) is 0 Å². The molecular formula is C16H16N2O3. The number of benzene rings is 2. The van der Waals surface area contributed by atoms with Crippen molar-refractivity contribution in [3.63, 3.8) is 0 Å². The van der Waals surface area contributed by atoms with Gasteiger partial charge in [-0.15, -0.1) is 0 Å². The maximum atomic E-state index is 11.9. The van der Waals surface area contributed by atoms with Gasteiger partial charge in [0.15, 0.2) is 0 Å². The van der Waals surface area contributed by atoms with E-state index < -0.39 is 5.91 Å². The molecule has 0 aromatic heterocycles. The topological polar surface area (TPSA) is 67.4 Å². The number of hydrogen-bond acceptors (Lipinski definition) is 3. The van der Waals surface area contributed by atoms with Crippen molar-refractivity contribution >= 4 is 11.8 Å². The minimum absolute atomic E-state index is 0.364. The Hall–Kier alpha value is -2.82. The van der Waals surface area contributed by atoms with E-state index in [1.807, 2.05) is 19.1 Å². The highest BCUT2D eigenvalue weighted by atomic mass is 16.5. The molecule has 0 fully saturated rings. The van der Waals surface area contributed by atoms with Gasteiger partial charge in [-0.3, -0.25) is 20.4 Å². The summed E-state index contributed by atoms with van der Waals surface area (Å²) in [5.41, 5.74) is 6.72. The fraction of sp³-hybridized carbons (Fsp3) is 0.125. The molecule has 0 atom stereocenters. The van der Waals surface area contributed by atoms with E-state index >= 15 is 0 Å². The molecule has 2 amide bonds. The number of carbonyl (C=O) groups is 2. The van der Waals surface area contributed by atoms with E-state index in [2.05, 4.69) is 10.9 Å². The van der Waals surface area contributed by atoms with Crippen molar-refractivity contribution in [1.29, 1.82) is 0 Å². The highest BCUT2D eigenvalue weighted by molar-refractivity contribution is 5.99. The fourth-order valence-electron chi connectivity index (χ4n) is 1.71. The van der Waals surface area contributed by atoms with E-state index in [4.69, 9.17) is 4.74 Å². The first-order chi connectivity index (χ1) is 10.1. The molecule has 108 valence electrons. The van der Waals surface area contributed by atoms with Crippen LogP contribution < -0.4 is 15.6 Å². The number of ether oxygens (including phenoxy) is 1. The molecule has 0 aliphatic carbocycles. The smallest absolute Gasteiger partial charge is 0.269 e. The van der Waals surface area contributed by atoms with Gasteiger partial charge in [0.1, 0.15) is 5.75 Å². The summed E-state index contributed by atoms with van der Waals surface area (Å²) in [5.74, 6) is -0.0924. The molecule has 0 radical (unpaired) electrons. The van der Waals surface area contributed by atoms with Crippen LogP contribution in [-0.4, -0.2) is 18.9 Å². The van der Waals surface area contributed by atoms with Gasteiger partial charge < -0.3 is 4.74 Å². The molecular weight excluding hydrogens is 268 g/mol. The molecule has 0 heterocycles. The van der Waals surface area contributed by atoms with Crippen molar-refractivity contribution in [3.8, 4) is 5.75 Å². The molecule has 0 bridgehead atoms. The Labute approximate surface area is 122 Å². The largest absolute Gasteiger partial charge is 0.497 e. The normalized spacial score (nSPS) is 9.81. The van der Waals surface area contributed by atoms with E-state index in [1.54, 1.807) is 43.5 Å². The molecule has 2 aromatic rings.